The molecule has 0 aliphatic heterocycles. The molecule has 0 atom stereocenters. The van der Waals surface area contributed by atoms with Gasteiger partial charge in [0.1, 0.15) is 17.1 Å². The molecule has 4 heterocycles. The maximum Gasteiger partial charge on any atom is 0.291 e. The number of halogens is 1. The van der Waals surface area contributed by atoms with Crippen molar-refractivity contribution in [2.24, 2.45) is 0 Å². The summed E-state index contributed by atoms with van der Waals surface area (Å²) in [6, 6.07) is 1.94. The molecule has 0 aromatic carbocycles. The third-order valence-corrected chi connectivity index (χ3v) is 7.16. The van der Waals surface area contributed by atoms with Gasteiger partial charge in [-0.25, -0.2) is 4.98 Å². The fourth-order valence-electron chi connectivity index (χ4n) is 4.18. The Hall–Kier alpha value is -5.96. The van der Waals surface area contributed by atoms with Gasteiger partial charge in [-0.2, -0.15) is 10.4 Å². The molecule has 0 aliphatic rings. The summed E-state index contributed by atoms with van der Waals surface area (Å²) in [5.74, 6) is -2.54. The van der Waals surface area contributed by atoms with Crippen LogP contribution in [0.15, 0.2) is 23.5 Å². The molecular weight excluding hydrogens is 664 g/mol. The number of anilines is 4. The monoisotopic (exact) mass is 692 g/mol. The van der Waals surface area contributed by atoms with Crippen molar-refractivity contribution < 1.29 is 24.0 Å². The van der Waals surface area contributed by atoms with Crippen LogP contribution in [0.3, 0.4) is 0 Å². The molecule has 0 bridgehead atoms. The van der Waals surface area contributed by atoms with Crippen molar-refractivity contribution in [3.8, 4) is 6.07 Å². The van der Waals surface area contributed by atoms with Crippen molar-refractivity contribution in [1.82, 2.24) is 35.5 Å². The highest BCUT2D eigenvalue weighted by molar-refractivity contribution is 9.12. The second kappa shape index (κ2) is 13.8. The fourth-order valence-corrected chi connectivity index (χ4v) is 4.28. The van der Waals surface area contributed by atoms with Crippen molar-refractivity contribution in [3.63, 3.8) is 0 Å². The van der Waals surface area contributed by atoms with Gasteiger partial charge in [0.15, 0.2) is 17.5 Å². The summed E-state index contributed by atoms with van der Waals surface area (Å²) in [6.45, 7) is 10.2. The van der Waals surface area contributed by atoms with Gasteiger partial charge < -0.3 is 41.5 Å². The quantitative estimate of drug-likeness (QED) is 0.0830. The van der Waals surface area contributed by atoms with Crippen molar-refractivity contribution in [2.75, 3.05) is 27.8 Å². The fraction of sp³-hybridized carbons (Fsp3) is 0.214. The minimum Gasteiger partial charge on any atom is -0.355 e. The smallest absolute Gasteiger partial charge is 0.291 e. The molecule has 0 unspecified atom stereocenters. The first kappa shape index (κ1) is 32.9. The van der Waals surface area contributed by atoms with Crippen LogP contribution in [0.1, 0.15) is 70.9 Å². The molecule has 0 aliphatic carbocycles. The predicted molar refractivity (Wildman–Crippen MR) is 171 cm³/mol. The lowest BCUT2D eigenvalue weighted by Gasteiger charge is -2.06. The lowest BCUT2D eigenvalue weighted by molar-refractivity contribution is -0.112. The summed E-state index contributed by atoms with van der Waals surface area (Å²) in [6.07, 6.45) is 3.10. The number of nitrogens with one attached hydrogen (secondary N) is 9. The van der Waals surface area contributed by atoms with Crippen LogP contribution in [-0.4, -0.2) is 66.2 Å². The highest BCUT2D eigenvalue weighted by Gasteiger charge is 2.23. The van der Waals surface area contributed by atoms with Crippen LogP contribution in [0.25, 0.3) is 0 Å². The van der Waals surface area contributed by atoms with Gasteiger partial charge in [0.2, 0.25) is 0 Å². The van der Waals surface area contributed by atoms with Crippen LogP contribution in [-0.2, 0) is 4.79 Å². The van der Waals surface area contributed by atoms with Gasteiger partial charge in [-0.1, -0.05) is 6.58 Å². The molecule has 0 radical (unpaired) electrons. The molecule has 17 nitrogen and oxygen atoms in total. The van der Waals surface area contributed by atoms with Gasteiger partial charge in [0, 0.05) is 35.6 Å². The Bertz CT molecular complexity index is 1920. The molecular formula is C28H29BrN12O5. The highest BCUT2D eigenvalue weighted by Crippen LogP contribution is 2.24. The number of aryl methyl sites for hydroxylation is 1. The Morgan fingerprint density at radius 2 is 1.41 bits per heavy atom. The number of nitriles is 1. The second-order valence-electron chi connectivity index (χ2n) is 9.92. The van der Waals surface area contributed by atoms with Gasteiger partial charge >= 0.3 is 0 Å². The standard InChI is InChI=1S/C28H29BrN12O5/c1-11-16(9-32-18(11)25(43)31-8-6-7-30)35-26(44)19-12(2)17(10-33-19)36-28(46)23-34-15(5)22(37-23)39-27(45)20-13(3)21(41-40-20)38-24(42)14(4)29/h9-10,32-33H,4,6,8H2,1-3,5H3,(H,31,43)(H,34,37)(H,35,44)(H,36,46)(H,39,45)(H2,38,40,41,42). The highest BCUT2D eigenvalue weighted by atomic mass is 79.9. The molecule has 238 valence electrons. The average molecular weight is 694 g/mol. The molecule has 46 heavy (non-hydrogen) atoms. The van der Waals surface area contributed by atoms with E-state index in [-0.39, 0.29) is 52.0 Å². The number of carbonyl (C=O) groups is 5. The van der Waals surface area contributed by atoms with Gasteiger partial charge in [-0.3, -0.25) is 29.1 Å². The first-order valence-electron chi connectivity index (χ1n) is 13.5. The lowest BCUT2D eigenvalue weighted by atomic mass is 10.2. The van der Waals surface area contributed by atoms with Crippen molar-refractivity contribution in [3.05, 3.63) is 68.7 Å². The van der Waals surface area contributed by atoms with Crippen LogP contribution in [0.5, 0.6) is 0 Å². The Labute approximate surface area is 269 Å². The summed E-state index contributed by atoms with van der Waals surface area (Å²) in [5, 5.41) is 28.3. The maximum absolute atomic E-state index is 13.0. The first-order valence-corrected chi connectivity index (χ1v) is 14.3. The zero-order chi connectivity index (χ0) is 33.7. The molecule has 4 rings (SSSR count). The van der Waals surface area contributed by atoms with Crippen LogP contribution in [0, 0.1) is 39.0 Å². The van der Waals surface area contributed by atoms with E-state index < -0.39 is 29.5 Å². The third kappa shape index (κ3) is 7.05. The molecule has 0 saturated carbocycles. The largest absolute Gasteiger partial charge is 0.355 e. The zero-order valence-corrected chi connectivity index (χ0v) is 26.6. The van der Waals surface area contributed by atoms with E-state index >= 15 is 0 Å². The van der Waals surface area contributed by atoms with Gasteiger partial charge in [-0.05, 0) is 43.6 Å². The lowest BCUT2D eigenvalue weighted by Crippen LogP contribution is -2.25. The minimum atomic E-state index is -0.635. The van der Waals surface area contributed by atoms with Crippen molar-refractivity contribution in [1.29, 1.82) is 5.26 Å². The number of amides is 5. The molecule has 9 N–H and O–H groups in total. The Kier molecular flexibility index (Phi) is 9.87. The molecule has 0 saturated heterocycles. The number of aromatic amines is 4. The van der Waals surface area contributed by atoms with Gasteiger partial charge in [0.25, 0.3) is 29.5 Å². The maximum atomic E-state index is 13.0. The molecule has 18 heteroatoms. The number of imidazole rings is 1. The minimum absolute atomic E-state index is 0.0718. The summed E-state index contributed by atoms with van der Waals surface area (Å²) >= 11 is 2.98. The Morgan fingerprint density at radius 3 is 2.02 bits per heavy atom. The Morgan fingerprint density at radius 1 is 0.826 bits per heavy atom. The van der Waals surface area contributed by atoms with E-state index in [2.05, 4.69) is 79.2 Å². The molecule has 4 aromatic rings. The number of aromatic nitrogens is 6. The number of carbonyl (C=O) groups excluding carboxylic acids is 5. The molecule has 0 spiro atoms. The predicted octanol–water partition coefficient (Wildman–Crippen LogP) is 3.27. The summed E-state index contributed by atoms with van der Waals surface area (Å²) < 4.78 is 0.0889. The third-order valence-electron chi connectivity index (χ3n) is 6.80. The number of rotatable bonds is 11. The van der Waals surface area contributed by atoms with Crippen molar-refractivity contribution >= 4 is 68.5 Å². The van der Waals surface area contributed by atoms with Gasteiger partial charge in [-0.15, -0.1) is 0 Å². The topological polar surface area (TPSA) is 258 Å². The average Bonchev–Trinajstić information content (AvgIpc) is 3.76. The van der Waals surface area contributed by atoms with Gasteiger partial charge in [0.05, 0.1) is 34.0 Å². The van der Waals surface area contributed by atoms with E-state index in [0.717, 1.165) is 0 Å². The van der Waals surface area contributed by atoms with Crippen molar-refractivity contribution in [2.45, 2.75) is 34.1 Å². The normalized spacial score (nSPS) is 10.5. The van der Waals surface area contributed by atoms with E-state index in [1.807, 2.05) is 6.07 Å². The summed E-state index contributed by atoms with van der Waals surface area (Å²) in [4.78, 5) is 75.8. The zero-order valence-electron chi connectivity index (χ0n) is 25.0. The van der Waals surface area contributed by atoms with E-state index in [1.165, 1.54) is 12.4 Å². The SMILES string of the molecule is C=C(Br)C(=O)Nc1n[nH]c(C(=O)Nc2nc(C(=O)Nc3c[nH]c(C(=O)Nc4c[nH]c(C(=O)NCCC#N)c4C)c3C)[nH]c2C)c1C. The van der Waals surface area contributed by atoms with E-state index in [0.29, 0.717) is 33.8 Å². The number of nitrogens with zero attached hydrogens (tertiary/aromatic N) is 3. The molecule has 4 aromatic heterocycles. The van der Waals surface area contributed by atoms with Crippen LogP contribution in [0.2, 0.25) is 0 Å². The summed E-state index contributed by atoms with van der Waals surface area (Å²) in [5.41, 5.74) is 2.90. The van der Waals surface area contributed by atoms with Crippen LogP contribution < -0.4 is 26.6 Å². The Balaban J connectivity index is 1.40. The van der Waals surface area contributed by atoms with Crippen LogP contribution in [0.4, 0.5) is 23.0 Å². The second-order valence-corrected chi connectivity index (χ2v) is 10.9. The molecule has 0 fully saturated rings. The summed E-state index contributed by atoms with van der Waals surface area (Å²) in [7, 11) is 0. The first-order chi connectivity index (χ1) is 21.8. The molecule has 5 amide bonds. The van der Waals surface area contributed by atoms with E-state index in [9.17, 15) is 24.0 Å². The number of hydrogen-bond acceptors (Lipinski definition) is 8. The van der Waals surface area contributed by atoms with E-state index in [1.54, 1.807) is 27.7 Å². The number of hydrogen-bond donors (Lipinski definition) is 9. The van der Waals surface area contributed by atoms with Crippen LogP contribution >= 0.6 is 15.9 Å². The van der Waals surface area contributed by atoms with E-state index in [4.69, 9.17) is 5.26 Å². The number of H-pyrrole nitrogens is 4.